The molecule has 3 aliphatic rings. The predicted octanol–water partition coefficient (Wildman–Crippen LogP) is 4.11. The van der Waals surface area contributed by atoms with Gasteiger partial charge in [-0.1, -0.05) is 6.42 Å². The summed E-state index contributed by atoms with van der Waals surface area (Å²) in [6.07, 6.45) is 7.00. The van der Waals surface area contributed by atoms with Gasteiger partial charge >= 0.3 is 0 Å². The molecule has 5 heteroatoms. The Morgan fingerprint density at radius 1 is 1.14 bits per heavy atom. The number of carbonyl (C=O) groups excluding carboxylic acids is 1. The van der Waals surface area contributed by atoms with E-state index in [9.17, 15) is 9.18 Å². The van der Waals surface area contributed by atoms with Crippen LogP contribution in [0.15, 0.2) is 24.3 Å². The summed E-state index contributed by atoms with van der Waals surface area (Å²) in [5.74, 6) is 3.18. The van der Waals surface area contributed by atoms with Gasteiger partial charge in [0.15, 0.2) is 0 Å². The van der Waals surface area contributed by atoms with Gasteiger partial charge < -0.3 is 5.32 Å². The Morgan fingerprint density at radius 2 is 1.89 bits per heavy atom. The summed E-state index contributed by atoms with van der Waals surface area (Å²) in [6.45, 7) is 3.92. The van der Waals surface area contributed by atoms with E-state index in [0.29, 0.717) is 18.4 Å². The molecule has 3 saturated carbocycles. The van der Waals surface area contributed by atoms with E-state index in [1.807, 2.05) is 13.8 Å². The first-order valence-electron chi connectivity index (χ1n) is 10.6. The van der Waals surface area contributed by atoms with Crippen molar-refractivity contribution in [2.45, 2.75) is 58.4 Å². The lowest BCUT2D eigenvalue weighted by Crippen LogP contribution is -2.43. The van der Waals surface area contributed by atoms with Crippen molar-refractivity contribution in [3.63, 3.8) is 0 Å². The number of nitrogens with zero attached hydrogens (tertiary/aromatic N) is 2. The van der Waals surface area contributed by atoms with Crippen molar-refractivity contribution in [3.05, 3.63) is 47.0 Å². The number of hydrogen-bond donors (Lipinski definition) is 1. The molecule has 2 bridgehead atoms. The second-order valence-electron chi connectivity index (χ2n) is 9.04. The summed E-state index contributed by atoms with van der Waals surface area (Å²) >= 11 is 0. The molecule has 5 rings (SSSR count). The van der Waals surface area contributed by atoms with Crippen molar-refractivity contribution in [2.75, 3.05) is 0 Å². The van der Waals surface area contributed by atoms with Crippen LogP contribution in [0.4, 0.5) is 4.39 Å². The predicted molar refractivity (Wildman–Crippen MR) is 106 cm³/mol. The molecule has 1 amide bonds. The Morgan fingerprint density at radius 3 is 2.68 bits per heavy atom. The number of rotatable bonds is 4. The van der Waals surface area contributed by atoms with Gasteiger partial charge in [-0.25, -0.2) is 9.07 Å². The van der Waals surface area contributed by atoms with E-state index in [2.05, 4.69) is 10.4 Å². The second-order valence-corrected chi connectivity index (χ2v) is 9.04. The SMILES string of the molecule is Cc1nn(-c2ccc(F)cc2)c(C)c1CC(=O)N[C@H]1C[C@@H]2C[C@@H]1[C@@H]1CCC[C@@H]21. The molecule has 0 radical (unpaired) electrons. The summed E-state index contributed by atoms with van der Waals surface area (Å²) in [5, 5.41) is 7.95. The monoisotopic (exact) mass is 381 g/mol. The van der Waals surface area contributed by atoms with Gasteiger partial charge in [0.2, 0.25) is 5.91 Å². The first-order chi connectivity index (χ1) is 13.5. The molecule has 0 unspecified atom stereocenters. The summed E-state index contributed by atoms with van der Waals surface area (Å²) in [5.41, 5.74) is 3.60. The molecule has 148 valence electrons. The minimum absolute atomic E-state index is 0.108. The molecule has 3 aliphatic carbocycles. The largest absolute Gasteiger partial charge is 0.353 e. The van der Waals surface area contributed by atoms with E-state index in [-0.39, 0.29) is 11.7 Å². The maximum absolute atomic E-state index is 13.2. The van der Waals surface area contributed by atoms with Crippen LogP contribution >= 0.6 is 0 Å². The maximum Gasteiger partial charge on any atom is 0.224 e. The third kappa shape index (κ3) is 2.87. The highest BCUT2D eigenvalue weighted by atomic mass is 19.1. The Balaban J connectivity index is 1.29. The van der Waals surface area contributed by atoms with Crippen LogP contribution in [0, 0.1) is 43.3 Å². The second kappa shape index (κ2) is 6.71. The molecule has 1 aromatic heterocycles. The van der Waals surface area contributed by atoms with E-state index in [1.54, 1.807) is 16.8 Å². The summed E-state index contributed by atoms with van der Waals surface area (Å²) in [4.78, 5) is 12.8. The van der Waals surface area contributed by atoms with E-state index in [0.717, 1.165) is 40.4 Å². The van der Waals surface area contributed by atoms with Crippen LogP contribution in [0.1, 0.15) is 49.1 Å². The zero-order valence-electron chi connectivity index (χ0n) is 16.6. The molecule has 28 heavy (non-hydrogen) atoms. The first kappa shape index (κ1) is 17.9. The van der Waals surface area contributed by atoms with Crippen LogP contribution in [0.3, 0.4) is 0 Å². The van der Waals surface area contributed by atoms with Gasteiger partial charge in [-0.2, -0.15) is 5.10 Å². The fourth-order valence-electron chi connectivity index (χ4n) is 6.42. The summed E-state index contributed by atoms with van der Waals surface area (Å²) in [6, 6.07) is 6.66. The van der Waals surface area contributed by atoms with Crippen molar-refractivity contribution in [3.8, 4) is 5.69 Å². The van der Waals surface area contributed by atoms with Gasteiger partial charge in [-0.3, -0.25) is 4.79 Å². The highest BCUT2D eigenvalue weighted by Crippen LogP contribution is 2.58. The number of amides is 1. The van der Waals surface area contributed by atoms with Crippen LogP contribution in [-0.2, 0) is 11.2 Å². The van der Waals surface area contributed by atoms with Gasteiger partial charge in [0.1, 0.15) is 5.82 Å². The molecule has 1 aromatic carbocycles. The number of aryl methyl sites for hydroxylation is 1. The Labute approximate surface area is 165 Å². The van der Waals surface area contributed by atoms with E-state index >= 15 is 0 Å². The molecular weight excluding hydrogens is 353 g/mol. The lowest BCUT2D eigenvalue weighted by molar-refractivity contribution is -0.121. The highest BCUT2D eigenvalue weighted by molar-refractivity contribution is 5.79. The van der Waals surface area contributed by atoms with Crippen LogP contribution in [0.2, 0.25) is 0 Å². The van der Waals surface area contributed by atoms with Gasteiger partial charge in [0.05, 0.1) is 17.8 Å². The lowest BCUT2D eigenvalue weighted by atomic mass is 9.79. The fourth-order valence-corrected chi connectivity index (χ4v) is 6.42. The summed E-state index contributed by atoms with van der Waals surface area (Å²) < 4.78 is 15.0. The molecule has 0 aliphatic heterocycles. The van der Waals surface area contributed by atoms with Gasteiger partial charge in [0.25, 0.3) is 0 Å². The Kier molecular flexibility index (Phi) is 4.29. The van der Waals surface area contributed by atoms with E-state index in [4.69, 9.17) is 0 Å². The summed E-state index contributed by atoms with van der Waals surface area (Å²) in [7, 11) is 0. The van der Waals surface area contributed by atoms with Crippen LogP contribution in [-0.4, -0.2) is 21.7 Å². The van der Waals surface area contributed by atoms with Crippen LogP contribution in [0.5, 0.6) is 0 Å². The molecular formula is C23H28FN3O. The molecule has 0 spiro atoms. The lowest BCUT2D eigenvalue weighted by Gasteiger charge is -2.32. The van der Waals surface area contributed by atoms with Crippen molar-refractivity contribution in [1.29, 1.82) is 0 Å². The molecule has 0 saturated heterocycles. The molecule has 1 N–H and O–H groups in total. The van der Waals surface area contributed by atoms with E-state index in [1.165, 1.54) is 44.2 Å². The van der Waals surface area contributed by atoms with Gasteiger partial charge in [-0.05, 0) is 87.5 Å². The van der Waals surface area contributed by atoms with Crippen LogP contribution in [0.25, 0.3) is 5.69 Å². The van der Waals surface area contributed by atoms with Crippen molar-refractivity contribution in [1.82, 2.24) is 15.1 Å². The Hall–Kier alpha value is -2.17. The van der Waals surface area contributed by atoms with E-state index < -0.39 is 0 Å². The molecule has 5 atom stereocenters. The van der Waals surface area contributed by atoms with Crippen molar-refractivity contribution in [2.24, 2.45) is 23.7 Å². The number of halogens is 1. The Bertz CT molecular complexity index is 903. The number of hydrogen-bond acceptors (Lipinski definition) is 2. The number of benzene rings is 1. The van der Waals surface area contributed by atoms with Crippen LogP contribution < -0.4 is 5.32 Å². The molecule has 2 aromatic rings. The number of fused-ring (bicyclic) bond motifs is 5. The zero-order valence-corrected chi connectivity index (χ0v) is 16.6. The normalized spacial score (nSPS) is 30.6. The zero-order chi connectivity index (χ0) is 19.4. The minimum Gasteiger partial charge on any atom is -0.353 e. The minimum atomic E-state index is -0.264. The smallest absolute Gasteiger partial charge is 0.224 e. The number of aromatic nitrogens is 2. The maximum atomic E-state index is 13.2. The fraction of sp³-hybridized carbons (Fsp3) is 0.565. The van der Waals surface area contributed by atoms with Gasteiger partial charge in [-0.15, -0.1) is 0 Å². The average molecular weight is 381 g/mol. The van der Waals surface area contributed by atoms with Gasteiger partial charge in [0, 0.05) is 17.3 Å². The molecule has 3 fully saturated rings. The van der Waals surface area contributed by atoms with Crippen molar-refractivity contribution < 1.29 is 9.18 Å². The third-order valence-electron chi connectivity index (χ3n) is 7.62. The molecule has 1 heterocycles. The van der Waals surface area contributed by atoms with Crippen molar-refractivity contribution >= 4 is 5.91 Å². The topological polar surface area (TPSA) is 46.9 Å². The highest BCUT2D eigenvalue weighted by Gasteiger charge is 2.53. The average Bonchev–Trinajstić information content (AvgIpc) is 3.41. The third-order valence-corrected chi connectivity index (χ3v) is 7.62. The number of carbonyl (C=O) groups is 1. The first-order valence-corrected chi connectivity index (χ1v) is 10.6. The number of nitrogens with one attached hydrogen (secondary N) is 1. The molecule has 4 nitrogen and oxygen atoms in total. The standard InChI is InChI=1S/C23H28FN3O/c1-13-20(14(2)27(26-13)17-8-6-16(24)7-9-17)12-23(28)25-22-11-15-10-21(22)19-5-3-4-18(15)19/h6-9,15,18-19,21-22H,3-5,10-12H2,1-2H3,(H,25,28)/t15-,18-,19+,21+,22-/m0/s1. The quantitative estimate of drug-likeness (QED) is 0.866.